The van der Waals surface area contributed by atoms with Crippen LogP contribution in [0.1, 0.15) is 35.3 Å². The van der Waals surface area contributed by atoms with Crippen molar-refractivity contribution in [2.75, 3.05) is 137 Å². The number of carboxylic acid groups (broad SMARTS) is 1. The topological polar surface area (TPSA) is 317 Å². The van der Waals surface area contributed by atoms with Crippen molar-refractivity contribution in [2.24, 2.45) is 0 Å². The molecule has 0 bridgehead atoms. The second-order valence-electron chi connectivity index (χ2n) is 15.0. The number of ether oxygens (including phenoxy) is 9. The number of aliphatic carboxylic acids is 1. The van der Waals surface area contributed by atoms with E-state index >= 15 is 0 Å². The lowest BCUT2D eigenvalue weighted by atomic mass is 10.0. The van der Waals surface area contributed by atoms with E-state index in [0.717, 1.165) is 0 Å². The summed E-state index contributed by atoms with van der Waals surface area (Å²) < 4.78 is 49.4. The lowest BCUT2D eigenvalue weighted by molar-refractivity contribution is -0.139. The van der Waals surface area contributed by atoms with Crippen LogP contribution in [0.3, 0.4) is 0 Å². The predicted molar refractivity (Wildman–Crippen MR) is 257 cm³/mol. The van der Waals surface area contributed by atoms with Gasteiger partial charge in [0.25, 0.3) is 11.5 Å². The summed E-state index contributed by atoms with van der Waals surface area (Å²) in [5, 5.41) is 20.8. The van der Waals surface area contributed by atoms with E-state index in [1.165, 1.54) is 18.3 Å². The highest BCUT2D eigenvalue weighted by Gasteiger charge is 2.33. The molecule has 0 unspecified atom stereocenters. The number of H-pyrrole nitrogens is 1. The molecule has 1 atom stereocenters. The van der Waals surface area contributed by atoms with Gasteiger partial charge < -0.3 is 74.7 Å². The molecule has 0 aliphatic rings. The van der Waals surface area contributed by atoms with Crippen molar-refractivity contribution in [3.05, 3.63) is 52.1 Å². The summed E-state index contributed by atoms with van der Waals surface area (Å²) in [5.74, 6) is 4.45. The highest BCUT2D eigenvalue weighted by Crippen LogP contribution is 2.13. The van der Waals surface area contributed by atoms with E-state index in [0.29, 0.717) is 64.2 Å². The summed E-state index contributed by atoms with van der Waals surface area (Å²) in [7, 11) is 0. The number of anilines is 2. The minimum absolute atomic E-state index is 0.0229. The van der Waals surface area contributed by atoms with E-state index in [1.807, 2.05) is 0 Å². The van der Waals surface area contributed by atoms with Gasteiger partial charge in [-0.05, 0) is 30.7 Å². The molecule has 0 saturated carbocycles. The van der Waals surface area contributed by atoms with Gasteiger partial charge in [-0.15, -0.1) is 19.3 Å². The Hall–Kier alpha value is -6.76. The first kappa shape index (κ1) is 58.6. The van der Waals surface area contributed by atoms with E-state index in [9.17, 15) is 29.1 Å². The van der Waals surface area contributed by atoms with Gasteiger partial charge in [0.05, 0.1) is 118 Å². The second-order valence-corrected chi connectivity index (χ2v) is 15.0. The van der Waals surface area contributed by atoms with Gasteiger partial charge in [0, 0.05) is 30.6 Å². The smallest absolute Gasteiger partial charge is 0.326 e. The first-order valence-electron chi connectivity index (χ1n) is 22.5. The Balaban J connectivity index is 1.12. The first-order valence-corrected chi connectivity index (χ1v) is 22.5. The monoisotopic (exact) mass is 993 g/mol. The number of nitrogen functional groups attached to an aromatic ring is 1. The molecule has 8 N–H and O–H groups in total. The van der Waals surface area contributed by atoms with Crippen LogP contribution in [0.2, 0.25) is 0 Å². The third-order valence-electron chi connectivity index (χ3n) is 9.37. The van der Waals surface area contributed by atoms with Crippen LogP contribution in [-0.2, 0) is 63.6 Å². The molecule has 71 heavy (non-hydrogen) atoms. The van der Waals surface area contributed by atoms with Crippen molar-refractivity contribution in [3.8, 4) is 37.0 Å². The Kier molecular flexibility index (Phi) is 29.2. The number of fused-ring (bicyclic) bond motifs is 1. The number of rotatable bonds is 40. The van der Waals surface area contributed by atoms with E-state index in [-0.39, 0.29) is 127 Å². The normalized spacial score (nSPS) is 11.5. The van der Waals surface area contributed by atoms with Crippen molar-refractivity contribution >= 4 is 46.5 Å². The van der Waals surface area contributed by atoms with Gasteiger partial charge in [-0.25, -0.2) is 14.8 Å². The minimum atomic E-state index is -1.30. The zero-order chi connectivity index (χ0) is 51.4. The molecule has 0 aliphatic carbocycles. The SMILES string of the molecule is C#CCOCC(COCC#C)(COCC#C)NC(=O)CCOCCOCCOCCOCCOCCOCCNC(=O)CC[C@H](NC(=O)c1ccc(NCc2cnc3nc(N)[nH]c(=O)c3n2)cc1)C(=O)O. The van der Waals surface area contributed by atoms with Crippen LogP contribution in [0.25, 0.3) is 11.2 Å². The predicted octanol–water partition coefficient (Wildman–Crippen LogP) is -0.719. The van der Waals surface area contributed by atoms with Gasteiger partial charge in [0.2, 0.25) is 17.8 Å². The molecular formula is C47H63N9O15. The van der Waals surface area contributed by atoms with Gasteiger partial charge in [0.1, 0.15) is 31.4 Å². The molecule has 3 amide bonds. The van der Waals surface area contributed by atoms with E-state index in [4.69, 9.17) is 67.6 Å². The Bertz CT molecular complexity index is 2210. The lowest BCUT2D eigenvalue weighted by Gasteiger charge is -2.33. The number of aromatic nitrogens is 4. The largest absolute Gasteiger partial charge is 0.480 e. The van der Waals surface area contributed by atoms with Crippen LogP contribution in [-0.4, -0.2) is 186 Å². The molecular weight excluding hydrogens is 931 g/mol. The van der Waals surface area contributed by atoms with E-state index in [1.54, 1.807) is 12.1 Å². The van der Waals surface area contributed by atoms with Crippen LogP contribution >= 0.6 is 0 Å². The maximum Gasteiger partial charge on any atom is 0.326 e. The fraction of sp³-hybridized carbons (Fsp3) is 0.532. The lowest BCUT2D eigenvalue weighted by Crippen LogP contribution is -2.58. The van der Waals surface area contributed by atoms with Crippen LogP contribution < -0.4 is 32.6 Å². The number of terminal acetylenes is 3. The molecule has 3 rings (SSSR count). The van der Waals surface area contributed by atoms with Crippen LogP contribution in [0.15, 0.2) is 35.3 Å². The third kappa shape index (κ3) is 25.1. The van der Waals surface area contributed by atoms with Crippen molar-refractivity contribution in [1.82, 2.24) is 35.9 Å². The minimum Gasteiger partial charge on any atom is -0.480 e. The van der Waals surface area contributed by atoms with Gasteiger partial charge >= 0.3 is 5.97 Å². The number of amides is 3. The number of aromatic amines is 1. The number of nitrogens with zero attached hydrogens (tertiary/aromatic N) is 3. The number of carbonyl (C=O) groups excluding carboxylic acids is 3. The van der Waals surface area contributed by atoms with Gasteiger partial charge in [-0.3, -0.25) is 24.2 Å². The molecule has 3 aromatic rings. The maximum atomic E-state index is 12.8. The molecule has 0 spiro atoms. The number of benzene rings is 1. The van der Waals surface area contributed by atoms with Crippen LogP contribution in [0.4, 0.5) is 11.6 Å². The van der Waals surface area contributed by atoms with Gasteiger partial charge in [-0.1, -0.05) is 17.8 Å². The first-order chi connectivity index (χ1) is 34.5. The number of nitrogens with one attached hydrogen (secondary N) is 5. The Labute approximate surface area is 411 Å². The summed E-state index contributed by atoms with van der Waals surface area (Å²) in [4.78, 5) is 76.5. The standard InChI is InChI=1S/C47H63N9O15/c1-4-15-69-32-47(33-70-16-5-2,34-71-17-6-3)56-40(58)13-18-63-20-22-65-24-26-67-28-29-68-27-25-66-23-21-64-19-14-49-39(57)12-11-38(45(61)62)53-43(59)35-7-9-36(10-8-35)50-30-37-31-51-42-41(52-37)44(60)55-46(48)54-42/h1-3,7-10,31,38,50H,11-30,32-34H2,(H,49,57)(H,53,59)(H,56,58)(H,61,62)(H3,48,51,54,55,60)/t38-/m0/s1. The van der Waals surface area contributed by atoms with Crippen molar-refractivity contribution in [1.29, 1.82) is 0 Å². The quantitative estimate of drug-likeness (QED) is 0.0273. The fourth-order valence-electron chi connectivity index (χ4n) is 5.99. The number of hydrogen-bond acceptors (Lipinski definition) is 19. The maximum absolute atomic E-state index is 12.8. The second kappa shape index (κ2) is 35.4. The number of nitrogens with two attached hydrogens (primary N) is 1. The molecule has 2 heterocycles. The van der Waals surface area contributed by atoms with E-state index in [2.05, 4.69) is 59.0 Å². The van der Waals surface area contributed by atoms with Crippen LogP contribution in [0.5, 0.6) is 0 Å². The van der Waals surface area contributed by atoms with Crippen molar-refractivity contribution in [2.45, 2.75) is 37.4 Å². The third-order valence-corrected chi connectivity index (χ3v) is 9.37. The summed E-state index contributed by atoms with van der Waals surface area (Å²) in [6.07, 6.45) is 17.1. The number of hydrogen-bond donors (Lipinski definition) is 7. The molecule has 0 radical (unpaired) electrons. The van der Waals surface area contributed by atoms with Crippen molar-refractivity contribution in [3.63, 3.8) is 0 Å². The summed E-state index contributed by atoms with van der Waals surface area (Å²) in [5.41, 5.74) is 5.44. The molecule has 0 fully saturated rings. The average Bonchev–Trinajstić information content (AvgIpc) is 3.35. The molecule has 2 aromatic heterocycles. The molecule has 0 saturated heterocycles. The molecule has 0 aliphatic heterocycles. The van der Waals surface area contributed by atoms with Crippen LogP contribution in [0, 0.1) is 37.0 Å². The Morgan fingerprint density at radius 3 is 1.75 bits per heavy atom. The summed E-state index contributed by atoms with van der Waals surface area (Å²) in [6.45, 7) is 4.30. The number of carboxylic acids is 1. The summed E-state index contributed by atoms with van der Waals surface area (Å²) >= 11 is 0. The molecule has 24 heteroatoms. The number of carbonyl (C=O) groups is 4. The molecule has 24 nitrogen and oxygen atoms in total. The highest BCUT2D eigenvalue weighted by atomic mass is 16.6. The van der Waals surface area contributed by atoms with E-state index < -0.39 is 34.9 Å². The van der Waals surface area contributed by atoms with Gasteiger partial charge in [-0.2, -0.15) is 4.98 Å². The zero-order valence-corrected chi connectivity index (χ0v) is 39.5. The zero-order valence-electron chi connectivity index (χ0n) is 39.5. The molecule has 386 valence electrons. The fourth-order valence-corrected chi connectivity index (χ4v) is 5.99. The highest BCUT2D eigenvalue weighted by molar-refractivity contribution is 5.97. The van der Waals surface area contributed by atoms with Gasteiger partial charge in [0.15, 0.2) is 11.2 Å². The Morgan fingerprint density at radius 2 is 1.23 bits per heavy atom. The van der Waals surface area contributed by atoms with Crippen molar-refractivity contribution < 1.29 is 66.9 Å². The molecule has 1 aromatic carbocycles. The Morgan fingerprint density at radius 1 is 0.704 bits per heavy atom. The average molecular weight is 994 g/mol. The summed E-state index contributed by atoms with van der Waals surface area (Å²) in [6, 6.07) is 4.97.